The molecule has 2 aliphatic rings. The Balaban J connectivity index is 1.74. The lowest BCUT2D eigenvalue weighted by atomic mass is 9.91. The van der Waals surface area contributed by atoms with Crippen LogP contribution in [0.25, 0.3) is 22.3 Å². The summed E-state index contributed by atoms with van der Waals surface area (Å²) in [5.74, 6) is 0.826. The minimum atomic E-state index is -0.210. The first-order valence-electron chi connectivity index (χ1n) is 10.5. The van der Waals surface area contributed by atoms with Gasteiger partial charge in [-0.1, -0.05) is 30.3 Å². The lowest BCUT2D eigenvalue weighted by molar-refractivity contribution is 0.262. The number of methoxy groups -OCH3 is 1. The van der Waals surface area contributed by atoms with Crippen LogP contribution in [0, 0.1) is 0 Å². The number of carbonyl (C=O) groups excluding carboxylic acids is 1. The van der Waals surface area contributed by atoms with E-state index in [9.17, 15) is 4.79 Å². The number of amides is 2. The lowest BCUT2D eigenvalue weighted by Gasteiger charge is -2.30. The molecule has 2 amide bonds. The summed E-state index contributed by atoms with van der Waals surface area (Å²) in [6.45, 7) is 2.09. The molecule has 1 fully saturated rings. The van der Waals surface area contributed by atoms with E-state index >= 15 is 0 Å². The third kappa shape index (κ3) is 3.36. The van der Waals surface area contributed by atoms with Crippen molar-refractivity contribution in [2.75, 3.05) is 35.7 Å². The summed E-state index contributed by atoms with van der Waals surface area (Å²) in [7, 11) is 1.68. The highest BCUT2D eigenvalue weighted by Gasteiger charge is 2.24. The Morgan fingerprint density at radius 2 is 1.57 bits per heavy atom. The van der Waals surface area contributed by atoms with Gasteiger partial charge in [0.05, 0.1) is 18.5 Å². The van der Waals surface area contributed by atoms with Gasteiger partial charge in [-0.3, -0.25) is 0 Å². The largest absolute Gasteiger partial charge is 0.497 e. The third-order valence-corrected chi connectivity index (χ3v) is 5.94. The van der Waals surface area contributed by atoms with Gasteiger partial charge in [0.1, 0.15) is 5.75 Å². The second-order valence-corrected chi connectivity index (χ2v) is 7.82. The number of nitrogens with zero attached hydrogens (tertiary/aromatic N) is 1. The van der Waals surface area contributed by atoms with E-state index in [1.165, 1.54) is 19.3 Å². The first kappa shape index (κ1) is 18.6. The molecule has 0 spiro atoms. The first-order chi connectivity index (χ1) is 14.7. The number of urea groups is 1. The summed E-state index contributed by atoms with van der Waals surface area (Å²) < 4.78 is 5.35. The first-order valence-corrected chi connectivity index (χ1v) is 10.5. The Morgan fingerprint density at radius 1 is 0.833 bits per heavy atom. The third-order valence-electron chi connectivity index (χ3n) is 5.94. The Bertz CT molecular complexity index is 1090. The monoisotopic (exact) mass is 399 g/mol. The van der Waals surface area contributed by atoms with Crippen LogP contribution < -0.4 is 20.3 Å². The molecule has 3 aromatic rings. The minimum absolute atomic E-state index is 0.210. The Hall–Kier alpha value is -3.47. The van der Waals surface area contributed by atoms with Crippen molar-refractivity contribution < 1.29 is 9.53 Å². The van der Waals surface area contributed by atoms with E-state index in [1.807, 2.05) is 30.3 Å². The molecule has 2 heterocycles. The molecule has 0 aliphatic carbocycles. The Labute approximate surface area is 176 Å². The molecule has 30 heavy (non-hydrogen) atoms. The number of carbonyl (C=O) groups is 1. The molecular weight excluding hydrogens is 374 g/mol. The zero-order valence-electron chi connectivity index (χ0n) is 17.1. The highest BCUT2D eigenvalue weighted by Crippen LogP contribution is 2.45. The molecule has 0 aromatic heterocycles. The molecule has 0 unspecified atom stereocenters. The van der Waals surface area contributed by atoms with Crippen LogP contribution in [0.1, 0.15) is 19.3 Å². The van der Waals surface area contributed by atoms with Gasteiger partial charge in [0, 0.05) is 29.9 Å². The average molecular weight is 399 g/mol. The Morgan fingerprint density at radius 3 is 2.33 bits per heavy atom. The molecule has 5 heteroatoms. The van der Waals surface area contributed by atoms with E-state index in [0.29, 0.717) is 0 Å². The second-order valence-electron chi connectivity index (χ2n) is 7.82. The summed E-state index contributed by atoms with van der Waals surface area (Å²) in [6, 6.07) is 20.3. The van der Waals surface area contributed by atoms with Crippen LogP contribution in [0.2, 0.25) is 0 Å². The number of nitrogens with one attached hydrogen (secondary N) is 2. The molecule has 2 N–H and O–H groups in total. The fourth-order valence-electron chi connectivity index (χ4n) is 4.43. The SMILES string of the molecule is COc1ccc(-c2cc(N3CCCCC3)cc3c2-c2ccccc2NC(=O)N3)cc1. The average Bonchev–Trinajstić information content (AvgIpc) is 2.94. The number of fused-ring (bicyclic) bond motifs is 3. The van der Waals surface area contributed by atoms with Crippen LogP contribution in [0.5, 0.6) is 5.75 Å². The number of piperidine rings is 1. The molecule has 3 aromatic carbocycles. The van der Waals surface area contributed by atoms with E-state index in [-0.39, 0.29) is 6.03 Å². The normalized spacial score (nSPS) is 15.4. The maximum atomic E-state index is 12.6. The predicted octanol–water partition coefficient (Wildman–Crippen LogP) is 5.98. The summed E-state index contributed by atoms with van der Waals surface area (Å²) >= 11 is 0. The molecule has 152 valence electrons. The quantitative estimate of drug-likeness (QED) is 0.570. The number of ether oxygens (including phenoxy) is 1. The van der Waals surface area contributed by atoms with Gasteiger partial charge < -0.3 is 20.3 Å². The van der Waals surface area contributed by atoms with Crippen LogP contribution in [0.3, 0.4) is 0 Å². The van der Waals surface area contributed by atoms with Crippen LogP contribution >= 0.6 is 0 Å². The summed E-state index contributed by atoms with van der Waals surface area (Å²) in [5, 5.41) is 6.06. The van der Waals surface area contributed by atoms with E-state index in [0.717, 1.165) is 58.2 Å². The fraction of sp³-hybridized carbons (Fsp3) is 0.240. The van der Waals surface area contributed by atoms with Gasteiger partial charge in [0.2, 0.25) is 0 Å². The van der Waals surface area contributed by atoms with Gasteiger partial charge in [0.25, 0.3) is 0 Å². The number of hydrogen-bond acceptors (Lipinski definition) is 3. The van der Waals surface area contributed by atoms with Crippen LogP contribution in [-0.2, 0) is 0 Å². The molecule has 0 saturated carbocycles. The number of para-hydroxylation sites is 1. The highest BCUT2D eigenvalue weighted by molar-refractivity contribution is 6.12. The van der Waals surface area contributed by atoms with Crippen LogP contribution in [0.15, 0.2) is 60.7 Å². The smallest absolute Gasteiger partial charge is 0.323 e. The van der Waals surface area contributed by atoms with Crippen molar-refractivity contribution >= 4 is 23.1 Å². The van der Waals surface area contributed by atoms with Gasteiger partial charge in [-0.25, -0.2) is 4.79 Å². The summed E-state index contributed by atoms with van der Waals surface area (Å²) in [4.78, 5) is 15.0. The van der Waals surface area contributed by atoms with E-state index in [1.54, 1.807) is 7.11 Å². The second kappa shape index (κ2) is 7.75. The lowest BCUT2D eigenvalue weighted by Crippen LogP contribution is -2.29. The number of anilines is 3. The van der Waals surface area contributed by atoms with Crippen molar-refractivity contribution in [2.24, 2.45) is 0 Å². The van der Waals surface area contributed by atoms with Gasteiger partial charge in [-0.15, -0.1) is 0 Å². The van der Waals surface area contributed by atoms with Crippen LogP contribution in [-0.4, -0.2) is 26.2 Å². The van der Waals surface area contributed by atoms with E-state index < -0.39 is 0 Å². The topological polar surface area (TPSA) is 53.6 Å². The molecule has 5 nitrogen and oxygen atoms in total. The maximum absolute atomic E-state index is 12.6. The van der Waals surface area contributed by atoms with E-state index in [4.69, 9.17) is 4.74 Å². The molecule has 0 atom stereocenters. The van der Waals surface area contributed by atoms with Crippen molar-refractivity contribution in [3.05, 3.63) is 60.7 Å². The van der Waals surface area contributed by atoms with Gasteiger partial charge in [0.15, 0.2) is 0 Å². The number of rotatable bonds is 3. The van der Waals surface area contributed by atoms with Crippen molar-refractivity contribution in [1.29, 1.82) is 0 Å². The minimum Gasteiger partial charge on any atom is -0.497 e. The van der Waals surface area contributed by atoms with Crippen molar-refractivity contribution in [3.63, 3.8) is 0 Å². The zero-order chi connectivity index (χ0) is 20.5. The molecule has 0 radical (unpaired) electrons. The fourth-order valence-corrected chi connectivity index (χ4v) is 4.43. The molecule has 0 bridgehead atoms. The van der Waals surface area contributed by atoms with Gasteiger partial charge >= 0.3 is 6.03 Å². The zero-order valence-corrected chi connectivity index (χ0v) is 17.1. The van der Waals surface area contributed by atoms with Crippen molar-refractivity contribution in [3.8, 4) is 28.0 Å². The molecular formula is C25H25N3O2. The van der Waals surface area contributed by atoms with Crippen LogP contribution in [0.4, 0.5) is 21.9 Å². The number of hydrogen-bond donors (Lipinski definition) is 2. The Kier molecular flexibility index (Phi) is 4.79. The number of benzene rings is 3. The molecule has 2 aliphatic heterocycles. The summed E-state index contributed by atoms with van der Waals surface area (Å²) in [6.07, 6.45) is 3.68. The molecule has 1 saturated heterocycles. The standard InChI is InChI=1S/C25H25N3O2/c1-30-19-11-9-17(10-12-19)21-15-18(28-13-5-2-6-14-28)16-23-24(21)20-7-3-4-8-22(20)26-25(29)27-23/h3-4,7-12,15-16H,2,5-6,13-14H2,1H3,(H2,26,27,29). The molecule has 5 rings (SSSR count). The predicted molar refractivity (Wildman–Crippen MR) is 123 cm³/mol. The maximum Gasteiger partial charge on any atom is 0.323 e. The van der Waals surface area contributed by atoms with Gasteiger partial charge in [-0.05, 0) is 60.7 Å². The van der Waals surface area contributed by atoms with Crippen molar-refractivity contribution in [2.45, 2.75) is 19.3 Å². The highest BCUT2D eigenvalue weighted by atomic mass is 16.5. The summed E-state index contributed by atoms with van der Waals surface area (Å²) in [5.41, 5.74) is 7.06. The van der Waals surface area contributed by atoms with Crippen molar-refractivity contribution in [1.82, 2.24) is 0 Å². The van der Waals surface area contributed by atoms with Gasteiger partial charge in [-0.2, -0.15) is 0 Å². The van der Waals surface area contributed by atoms with E-state index in [2.05, 4.69) is 45.9 Å².